The zero-order chi connectivity index (χ0) is 26.6. The molecule has 1 aliphatic carbocycles. The third-order valence-electron chi connectivity index (χ3n) is 7.56. The van der Waals surface area contributed by atoms with Crippen LogP contribution in [0.2, 0.25) is 0 Å². The van der Waals surface area contributed by atoms with Gasteiger partial charge >= 0.3 is 6.03 Å². The number of nitrogens with zero attached hydrogens (tertiary/aromatic N) is 3. The van der Waals surface area contributed by atoms with Gasteiger partial charge in [0.1, 0.15) is 6.54 Å². The lowest BCUT2D eigenvalue weighted by Crippen LogP contribution is -2.52. The molecule has 0 radical (unpaired) electrons. The number of benzene rings is 2. The molecule has 5 rings (SSSR count). The normalized spacial score (nSPS) is 20.0. The number of para-hydroxylation sites is 1. The Kier molecular flexibility index (Phi) is 7.77. The molecule has 4 amide bonds. The van der Waals surface area contributed by atoms with E-state index in [0.29, 0.717) is 18.8 Å². The second kappa shape index (κ2) is 11.4. The molecule has 0 aromatic heterocycles. The molecule has 1 saturated heterocycles. The molecule has 1 unspecified atom stereocenters. The van der Waals surface area contributed by atoms with Crippen molar-refractivity contribution in [3.8, 4) is 0 Å². The first-order valence-electron chi connectivity index (χ1n) is 13.8. The standard InChI is InChI=1S/C30H37N5O3/c1-20-10-8-12-23(18-20)31-30(38)33-28-29(37)35(19-25(36)34-16-6-4-3-5-7-17-34)27-21(2)11-9-13-24(27)26(32-28)22-14-15-22/h8-13,18,22,28H,3-7,14-17,19H2,1-2H3,(H2,31,33,38). The van der Waals surface area contributed by atoms with Gasteiger partial charge in [-0.3, -0.25) is 19.5 Å². The van der Waals surface area contributed by atoms with Gasteiger partial charge in [0.2, 0.25) is 12.1 Å². The fraction of sp³-hybridized carbons (Fsp3) is 0.467. The molecule has 1 saturated carbocycles. The van der Waals surface area contributed by atoms with E-state index < -0.39 is 18.1 Å². The number of hydrogen-bond acceptors (Lipinski definition) is 4. The number of urea groups is 1. The van der Waals surface area contributed by atoms with Gasteiger partial charge in [0.25, 0.3) is 5.91 Å². The molecule has 8 heteroatoms. The van der Waals surface area contributed by atoms with Gasteiger partial charge in [0.15, 0.2) is 0 Å². The van der Waals surface area contributed by atoms with Gasteiger partial charge in [0, 0.05) is 30.3 Å². The summed E-state index contributed by atoms with van der Waals surface area (Å²) >= 11 is 0. The lowest BCUT2D eigenvalue weighted by atomic mass is 10.00. The summed E-state index contributed by atoms with van der Waals surface area (Å²) in [5.74, 6) is -0.208. The molecule has 0 bridgehead atoms. The van der Waals surface area contributed by atoms with Crippen molar-refractivity contribution in [3.05, 3.63) is 59.2 Å². The molecule has 2 aromatic rings. The van der Waals surface area contributed by atoms with Crippen LogP contribution in [0.1, 0.15) is 61.6 Å². The third-order valence-corrected chi connectivity index (χ3v) is 7.56. The summed E-state index contributed by atoms with van der Waals surface area (Å²) in [6, 6.07) is 12.9. The van der Waals surface area contributed by atoms with Crippen molar-refractivity contribution in [1.82, 2.24) is 10.2 Å². The second-order valence-electron chi connectivity index (χ2n) is 10.7. The van der Waals surface area contributed by atoms with E-state index in [-0.39, 0.29) is 18.4 Å². The van der Waals surface area contributed by atoms with Crippen molar-refractivity contribution >= 4 is 34.9 Å². The first-order valence-corrected chi connectivity index (χ1v) is 13.8. The predicted octanol–water partition coefficient (Wildman–Crippen LogP) is 4.79. The summed E-state index contributed by atoms with van der Waals surface area (Å²) in [5.41, 5.74) is 5.01. The number of benzodiazepines with no additional fused rings is 1. The Morgan fingerprint density at radius 3 is 2.39 bits per heavy atom. The van der Waals surface area contributed by atoms with E-state index in [9.17, 15) is 14.4 Å². The summed E-state index contributed by atoms with van der Waals surface area (Å²) in [5, 5.41) is 5.61. The van der Waals surface area contributed by atoms with Crippen LogP contribution >= 0.6 is 0 Å². The van der Waals surface area contributed by atoms with Gasteiger partial charge in [0.05, 0.1) is 11.4 Å². The number of carbonyl (C=O) groups excluding carboxylic acids is 3. The van der Waals surface area contributed by atoms with Gasteiger partial charge in [-0.25, -0.2) is 4.79 Å². The maximum absolute atomic E-state index is 14.0. The minimum Gasteiger partial charge on any atom is -0.341 e. The van der Waals surface area contributed by atoms with Crippen LogP contribution in [-0.4, -0.2) is 54.3 Å². The van der Waals surface area contributed by atoms with Crippen LogP contribution in [0, 0.1) is 19.8 Å². The number of amides is 4. The monoisotopic (exact) mass is 515 g/mol. The lowest BCUT2D eigenvalue weighted by Gasteiger charge is -2.30. The van der Waals surface area contributed by atoms with Crippen LogP contribution in [0.5, 0.6) is 0 Å². The van der Waals surface area contributed by atoms with Crippen molar-refractivity contribution in [1.29, 1.82) is 0 Å². The number of aliphatic imine (C=N–C) groups is 1. The molecular weight excluding hydrogens is 478 g/mol. The fourth-order valence-electron chi connectivity index (χ4n) is 5.42. The number of fused-ring (bicyclic) bond motifs is 1. The summed E-state index contributed by atoms with van der Waals surface area (Å²) in [4.78, 5) is 48.8. The lowest BCUT2D eigenvalue weighted by molar-refractivity contribution is -0.132. The van der Waals surface area contributed by atoms with E-state index in [1.165, 1.54) is 6.42 Å². The number of anilines is 2. The highest BCUT2D eigenvalue weighted by molar-refractivity contribution is 6.16. The van der Waals surface area contributed by atoms with E-state index in [1.807, 2.05) is 55.1 Å². The smallest absolute Gasteiger partial charge is 0.321 e. The van der Waals surface area contributed by atoms with Crippen LogP contribution in [0.4, 0.5) is 16.2 Å². The number of nitrogens with one attached hydrogen (secondary N) is 2. The average molecular weight is 516 g/mol. The Bertz CT molecular complexity index is 1240. The zero-order valence-electron chi connectivity index (χ0n) is 22.3. The van der Waals surface area contributed by atoms with Crippen LogP contribution < -0.4 is 15.5 Å². The van der Waals surface area contributed by atoms with Gasteiger partial charge in [-0.1, -0.05) is 49.6 Å². The van der Waals surface area contributed by atoms with E-state index in [2.05, 4.69) is 10.6 Å². The average Bonchev–Trinajstić information content (AvgIpc) is 3.70. The minimum atomic E-state index is -1.12. The molecule has 1 atom stereocenters. The van der Waals surface area contributed by atoms with Gasteiger partial charge in [-0.15, -0.1) is 0 Å². The van der Waals surface area contributed by atoms with Crippen molar-refractivity contribution in [2.45, 2.75) is 65.0 Å². The SMILES string of the molecule is Cc1cccc(NC(=O)NC2N=C(C3CC3)c3cccc(C)c3N(CC(=O)N3CCCCCCC3)C2=O)c1. The highest BCUT2D eigenvalue weighted by Crippen LogP contribution is 2.39. The maximum Gasteiger partial charge on any atom is 0.321 e. The summed E-state index contributed by atoms with van der Waals surface area (Å²) in [6.45, 7) is 5.27. The molecule has 2 fully saturated rings. The first-order chi connectivity index (χ1) is 18.4. The van der Waals surface area contributed by atoms with Crippen molar-refractivity contribution in [2.75, 3.05) is 29.9 Å². The summed E-state index contributed by atoms with van der Waals surface area (Å²) in [6.07, 6.45) is 6.27. The fourth-order valence-corrected chi connectivity index (χ4v) is 5.42. The Morgan fingerprint density at radius 1 is 0.974 bits per heavy atom. The first kappa shape index (κ1) is 25.9. The van der Waals surface area contributed by atoms with E-state index in [0.717, 1.165) is 66.6 Å². The number of carbonyl (C=O) groups is 3. The largest absolute Gasteiger partial charge is 0.341 e. The van der Waals surface area contributed by atoms with Crippen molar-refractivity contribution in [3.63, 3.8) is 0 Å². The van der Waals surface area contributed by atoms with E-state index >= 15 is 0 Å². The molecule has 2 aliphatic heterocycles. The molecule has 200 valence electrons. The number of hydrogen-bond donors (Lipinski definition) is 2. The molecular formula is C30H37N5O3. The Morgan fingerprint density at radius 2 is 1.68 bits per heavy atom. The topological polar surface area (TPSA) is 94.1 Å². The van der Waals surface area contributed by atoms with Gasteiger partial charge < -0.3 is 15.5 Å². The Hall–Kier alpha value is -3.68. The molecule has 2 aromatic carbocycles. The quantitative estimate of drug-likeness (QED) is 0.600. The number of rotatable bonds is 5. The number of likely N-dealkylation sites (tertiary alicyclic amines) is 1. The summed E-state index contributed by atoms with van der Waals surface area (Å²) in [7, 11) is 0. The molecule has 2 N–H and O–H groups in total. The van der Waals surface area contributed by atoms with Crippen molar-refractivity contribution < 1.29 is 14.4 Å². The molecule has 0 spiro atoms. The van der Waals surface area contributed by atoms with Crippen LogP contribution in [-0.2, 0) is 9.59 Å². The highest BCUT2D eigenvalue weighted by Gasteiger charge is 2.39. The molecule has 38 heavy (non-hydrogen) atoms. The minimum absolute atomic E-state index is 0.0627. The highest BCUT2D eigenvalue weighted by atomic mass is 16.2. The van der Waals surface area contributed by atoms with Gasteiger partial charge in [-0.05, 0) is 62.8 Å². The van der Waals surface area contributed by atoms with E-state index in [4.69, 9.17) is 4.99 Å². The van der Waals surface area contributed by atoms with Crippen LogP contribution in [0.3, 0.4) is 0 Å². The van der Waals surface area contributed by atoms with E-state index in [1.54, 1.807) is 11.0 Å². The summed E-state index contributed by atoms with van der Waals surface area (Å²) < 4.78 is 0. The number of aryl methyl sites for hydroxylation is 2. The van der Waals surface area contributed by atoms with Crippen molar-refractivity contribution in [2.24, 2.45) is 10.9 Å². The van der Waals surface area contributed by atoms with Gasteiger partial charge in [-0.2, -0.15) is 0 Å². The van der Waals surface area contributed by atoms with Crippen LogP contribution in [0.25, 0.3) is 0 Å². The Labute approximate surface area is 224 Å². The molecule has 2 heterocycles. The predicted molar refractivity (Wildman–Crippen MR) is 150 cm³/mol. The molecule has 3 aliphatic rings. The molecule has 8 nitrogen and oxygen atoms in total. The van der Waals surface area contributed by atoms with Crippen LogP contribution in [0.15, 0.2) is 47.5 Å². The zero-order valence-corrected chi connectivity index (χ0v) is 22.3. The maximum atomic E-state index is 14.0. The Balaban J connectivity index is 1.44. The second-order valence-corrected chi connectivity index (χ2v) is 10.7. The third kappa shape index (κ3) is 5.90.